The maximum atomic E-state index is 12.4. The van der Waals surface area contributed by atoms with Crippen LogP contribution in [0.4, 0.5) is 8.78 Å². The van der Waals surface area contributed by atoms with Crippen molar-refractivity contribution in [3.05, 3.63) is 28.8 Å². The van der Waals surface area contributed by atoms with Crippen molar-refractivity contribution in [2.24, 2.45) is 0 Å². The SMILES string of the molecule is CNCC1CCCN1Cc1cc(Cl)ccc1OC(F)F.Cl. The smallest absolute Gasteiger partial charge is 0.387 e. The zero-order chi connectivity index (χ0) is 14.5. The second-order valence-corrected chi connectivity index (χ2v) is 5.39. The Hall–Kier alpha value is -0.620. The van der Waals surface area contributed by atoms with E-state index < -0.39 is 6.61 Å². The molecule has 0 saturated carbocycles. The van der Waals surface area contributed by atoms with E-state index in [1.807, 2.05) is 7.05 Å². The minimum absolute atomic E-state index is 0. The Kier molecular flexibility index (Phi) is 7.66. The molecular formula is C14H20Cl2F2N2O. The minimum atomic E-state index is -2.82. The molecule has 0 spiro atoms. The molecular weight excluding hydrogens is 321 g/mol. The molecule has 1 aromatic carbocycles. The van der Waals surface area contributed by atoms with Gasteiger partial charge in [-0.15, -0.1) is 12.4 Å². The molecule has 1 aliphatic rings. The minimum Gasteiger partial charge on any atom is -0.434 e. The Morgan fingerprint density at radius 2 is 2.24 bits per heavy atom. The second kappa shape index (κ2) is 8.73. The van der Waals surface area contributed by atoms with Gasteiger partial charge in [-0.2, -0.15) is 8.78 Å². The average molecular weight is 341 g/mol. The van der Waals surface area contributed by atoms with Gasteiger partial charge in [0.05, 0.1) is 0 Å². The first kappa shape index (κ1) is 18.4. The second-order valence-electron chi connectivity index (χ2n) is 4.95. The fourth-order valence-corrected chi connectivity index (χ4v) is 2.87. The van der Waals surface area contributed by atoms with E-state index in [0.717, 1.165) is 25.9 Å². The van der Waals surface area contributed by atoms with Crippen molar-refractivity contribution in [3.63, 3.8) is 0 Å². The number of likely N-dealkylation sites (tertiary alicyclic amines) is 1. The van der Waals surface area contributed by atoms with Crippen molar-refractivity contribution in [3.8, 4) is 5.75 Å². The fourth-order valence-electron chi connectivity index (χ4n) is 2.67. The van der Waals surface area contributed by atoms with Crippen LogP contribution in [0.2, 0.25) is 5.02 Å². The number of nitrogens with zero attached hydrogens (tertiary/aromatic N) is 1. The molecule has 1 saturated heterocycles. The van der Waals surface area contributed by atoms with Crippen molar-refractivity contribution < 1.29 is 13.5 Å². The quantitative estimate of drug-likeness (QED) is 0.857. The van der Waals surface area contributed by atoms with Gasteiger partial charge >= 0.3 is 6.61 Å². The van der Waals surface area contributed by atoms with E-state index in [1.54, 1.807) is 12.1 Å². The van der Waals surface area contributed by atoms with E-state index >= 15 is 0 Å². The molecule has 3 nitrogen and oxygen atoms in total. The van der Waals surface area contributed by atoms with Crippen LogP contribution in [0.5, 0.6) is 5.75 Å². The summed E-state index contributed by atoms with van der Waals surface area (Å²) in [5, 5.41) is 3.70. The number of hydrogen-bond donors (Lipinski definition) is 1. The van der Waals surface area contributed by atoms with Gasteiger partial charge < -0.3 is 10.1 Å². The molecule has 1 aliphatic heterocycles. The lowest BCUT2D eigenvalue weighted by atomic mass is 10.1. The number of rotatable bonds is 6. The largest absolute Gasteiger partial charge is 0.434 e. The first-order valence-corrected chi connectivity index (χ1v) is 7.10. The van der Waals surface area contributed by atoms with Crippen LogP contribution in [-0.4, -0.2) is 37.7 Å². The van der Waals surface area contributed by atoms with E-state index in [0.29, 0.717) is 23.2 Å². The molecule has 7 heteroatoms. The molecule has 0 radical (unpaired) electrons. The molecule has 2 rings (SSSR count). The number of hydrogen-bond acceptors (Lipinski definition) is 3. The summed E-state index contributed by atoms with van der Waals surface area (Å²) < 4.78 is 29.4. The Labute approximate surface area is 135 Å². The predicted octanol–water partition coefficient (Wildman–Crippen LogP) is 3.55. The van der Waals surface area contributed by atoms with Gasteiger partial charge in [0, 0.05) is 29.7 Å². The normalized spacial score (nSPS) is 18.8. The molecule has 0 bridgehead atoms. The van der Waals surface area contributed by atoms with Crippen LogP contribution < -0.4 is 10.1 Å². The molecule has 1 unspecified atom stereocenters. The maximum absolute atomic E-state index is 12.4. The standard InChI is InChI=1S/C14H19ClF2N2O.ClH/c1-18-8-12-3-2-6-19(12)9-10-7-11(15)4-5-13(10)20-14(16)17;/h4-5,7,12,14,18H,2-3,6,8-9H2,1H3;1H. The first-order chi connectivity index (χ1) is 9.60. The monoisotopic (exact) mass is 340 g/mol. The summed E-state index contributed by atoms with van der Waals surface area (Å²) in [7, 11) is 1.92. The van der Waals surface area contributed by atoms with Crippen LogP contribution in [-0.2, 0) is 6.54 Å². The van der Waals surface area contributed by atoms with E-state index in [2.05, 4.69) is 15.0 Å². The van der Waals surface area contributed by atoms with Crippen LogP contribution in [0.1, 0.15) is 18.4 Å². The number of halogens is 4. The number of likely N-dealkylation sites (N-methyl/N-ethyl adjacent to an activating group) is 1. The summed E-state index contributed by atoms with van der Waals surface area (Å²) >= 11 is 5.96. The van der Waals surface area contributed by atoms with Gasteiger partial charge in [-0.1, -0.05) is 11.6 Å². The van der Waals surface area contributed by atoms with Crippen molar-refractivity contribution >= 4 is 24.0 Å². The third-order valence-corrected chi connectivity index (χ3v) is 3.79. The van der Waals surface area contributed by atoms with Crippen LogP contribution in [0.25, 0.3) is 0 Å². The number of benzene rings is 1. The summed E-state index contributed by atoms with van der Waals surface area (Å²) in [6, 6.07) is 5.21. The van der Waals surface area contributed by atoms with E-state index in [4.69, 9.17) is 11.6 Å². The molecule has 1 fully saturated rings. The van der Waals surface area contributed by atoms with Gasteiger partial charge in [-0.05, 0) is 44.6 Å². The predicted molar refractivity (Wildman–Crippen MR) is 82.7 cm³/mol. The fraction of sp³-hybridized carbons (Fsp3) is 0.571. The van der Waals surface area contributed by atoms with Gasteiger partial charge in [0.25, 0.3) is 0 Å². The molecule has 21 heavy (non-hydrogen) atoms. The average Bonchev–Trinajstić information content (AvgIpc) is 2.80. The third-order valence-electron chi connectivity index (χ3n) is 3.55. The molecule has 1 aromatic rings. The summed E-state index contributed by atoms with van der Waals surface area (Å²) in [6.45, 7) is -0.380. The van der Waals surface area contributed by atoms with Crippen LogP contribution in [0, 0.1) is 0 Å². The molecule has 0 aliphatic carbocycles. The molecule has 0 aromatic heterocycles. The number of ether oxygens (including phenoxy) is 1. The van der Waals surface area contributed by atoms with Crippen LogP contribution in [0.3, 0.4) is 0 Å². The number of nitrogens with one attached hydrogen (secondary N) is 1. The third kappa shape index (κ3) is 5.25. The molecule has 1 heterocycles. The van der Waals surface area contributed by atoms with Crippen molar-refractivity contribution in [1.29, 1.82) is 0 Å². The molecule has 1 N–H and O–H groups in total. The Morgan fingerprint density at radius 3 is 2.90 bits per heavy atom. The first-order valence-electron chi connectivity index (χ1n) is 6.72. The van der Waals surface area contributed by atoms with Crippen LogP contribution >= 0.6 is 24.0 Å². The van der Waals surface area contributed by atoms with Gasteiger partial charge in [0.1, 0.15) is 5.75 Å². The lowest BCUT2D eigenvalue weighted by Gasteiger charge is -2.25. The van der Waals surface area contributed by atoms with Gasteiger partial charge in [0.2, 0.25) is 0 Å². The highest BCUT2D eigenvalue weighted by molar-refractivity contribution is 6.30. The zero-order valence-corrected chi connectivity index (χ0v) is 13.4. The summed E-state index contributed by atoms with van der Waals surface area (Å²) in [4.78, 5) is 2.28. The lowest BCUT2D eigenvalue weighted by molar-refractivity contribution is -0.0508. The highest BCUT2D eigenvalue weighted by Gasteiger charge is 2.25. The summed E-state index contributed by atoms with van der Waals surface area (Å²) in [6.07, 6.45) is 2.24. The van der Waals surface area contributed by atoms with Crippen molar-refractivity contribution in [2.75, 3.05) is 20.1 Å². The highest BCUT2D eigenvalue weighted by Crippen LogP contribution is 2.28. The summed E-state index contributed by atoms with van der Waals surface area (Å²) in [5.41, 5.74) is 0.709. The van der Waals surface area contributed by atoms with Gasteiger partial charge in [0.15, 0.2) is 0 Å². The molecule has 1 atom stereocenters. The molecule has 0 amide bonds. The van der Waals surface area contributed by atoms with E-state index in [9.17, 15) is 8.78 Å². The lowest BCUT2D eigenvalue weighted by Crippen LogP contribution is -2.36. The maximum Gasteiger partial charge on any atom is 0.387 e. The molecule has 120 valence electrons. The topological polar surface area (TPSA) is 24.5 Å². The zero-order valence-electron chi connectivity index (χ0n) is 11.8. The van der Waals surface area contributed by atoms with Crippen molar-refractivity contribution in [1.82, 2.24) is 10.2 Å². The summed E-state index contributed by atoms with van der Waals surface area (Å²) in [5.74, 6) is 0.208. The Balaban J connectivity index is 0.00000220. The highest BCUT2D eigenvalue weighted by atomic mass is 35.5. The van der Waals surface area contributed by atoms with Crippen LogP contribution in [0.15, 0.2) is 18.2 Å². The van der Waals surface area contributed by atoms with Gasteiger partial charge in [-0.25, -0.2) is 0 Å². The number of alkyl halides is 2. The van der Waals surface area contributed by atoms with E-state index in [-0.39, 0.29) is 18.2 Å². The van der Waals surface area contributed by atoms with E-state index in [1.165, 1.54) is 6.07 Å². The van der Waals surface area contributed by atoms with Gasteiger partial charge in [-0.3, -0.25) is 4.90 Å². The Bertz CT molecular complexity index is 449. The van der Waals surface area contributed by atoms with Crippen molar-refractivity contribution in [2.45, 2.75) is 32.0 Å². The Morgan fingerprint density at radius 1 is 1.48 bits per heavy atom.